The number of carbonyl (C=O) groups excluding carboxylic acids is 2. The molecule has 0 saturated heterocycles. The van der Waals surface area contributed by atoms with E-state index in [0.29, 0.717) is 25.0 Å². The van der Waals surface area contributed by atoms with Gasteiger partial charge in [0.2, 0.25) is 0 Å². The summed E-state index contributed by atoms with van der Waals surface area (Å²) in [6.45, 7) is 6.50. The maximum Gasteiger partial charge on any atom is 0.303 e. The first-order valence-electron chi connectivity index (χ1n) is 8.16. The second-order valence-electron chi connectivity index (χ2n) is 5.75. The first-order chi connectivity index (χ1) is 12.2. The van der Waals surface area contributed by atoms with Gasteiger partial charge in [0.15, 0.2) is 17.9 Å². The molecule has 0 spiro atoms. The van der Waals surface area contributed by atoms with Crippen LogP contribution in [0.25, 0.3) is 0 Å². The fourth-order valence-electron chi connectivity index (χ4n) is 2.17. The molecule has 0 aromatic heterocycles. The molecule has 2 heterocycles. The Morgan fingerprint density at radius 3 is 2.04 bits per heavy atom. The Labute approximate surface area is 151 Å². The average molecular weight is 374 g/mol. The molecule has 0 aliphatic carbocycles. The van der Waals surface area contributed by atoms with Crippen LogP contribution in [0.15, 0.2) is 9.98 Å². The highest BCUT2D eigenvalue weighted by Crippen LogP contribution is 2.13. The third-order valence-corrected chi connectivity index (χ3v) is 3.45. The van der Waals surface area contributed by atoms with Crippen LogP contribution in [0.1, 0.15) is 27.7 Å². The van der Waals surface area contributed by atoms with Gasteiger partial charge in [-0.05, 0) is 0 Å². The fourth-order valence-corrected chi connectivity index (χ4v) is 2.17. The van der Waals surface area contributed by atoms with E-state index >= 15 is 0 Å². The minimum atomic E-state index is -0.780. The maximum atomic E-state index is 10.9. The summed E-state index contributed by atoms with van der Waals surface area (Å²) in [4.78, 5) is 29.7. The predicted octanol–water partition coefficient (Wildman–Crippen LogP) is -0.545. The minimum Gasteiger partial charge on any atom is -0.479 e. The van der Waals surface area contributed by atoms with E-state index in [1.807, 2.05) is 0 Å². The number of carbonyl (C=O) groups is 2. The number of esters is 2. The predicted molar refractivity (Wildman–Crippen MR) is 91.0 cm³/mol. The second kappa shape index (κ2) is 10.7. The van der Waals surface area contributed by atoms with Crippen molar-refractivity contribution >= 4 is 23.7 Å². The lowest BCUT2D eigenvalue weighted by molar-refractivity contribution is -0.157. The molecule has 0 aromatic rings. The molecular formula is C16H26N2O8. The largest absolute Gasteiger partial charge is 0.479 e. The summed E-state index contributed by atoms with van der Waals surface area (Å²) >= 11 is 0. The smallest absolute Gasteiger partial charge is 0.303 e. The molecule has 2 N–H and O–H groups in total. The molecule has 0 bridgehead atoms. The van der Waals surface area contributed by atoms with E-state index in [1.54, 1.807) is 13.8 Å². The van der Waals surface area contributed by atoms with E-state index in [4.69, 9.17) is 29.2 Å². The monoisotopic (exact) mass is 374 g/mol. The van der Waals surface area contributed by atoms with Gasteiger partial charge < -0.3 is 29.2 Å². The van der Waals surface area contributed by atoms with E-state index in [1.165, 1.54) is 13.8 Å². The van der Waals surface area contributed by atoms with Crippen molar-refractivity contribution in [3.8, 4) is 0 Å². The first-order valence-corrected chi connectivity index (χ1v) is 8.16. The lowest BCUT2D eigenvalue weighted by atomic mass is 10.2. The van der Waals surface area contributed by atoms with Crippen LogP contribution in [0.4, 0.5) is 0 Å². The number of aliphatic hydroxyl groups excluding tert-OH is 2. The molecule has 0 amide bonds. The number of aliphatic imine (C=N–C) groups is 2. The molecular weight excluding hydrogens is 348 g/mol. The third-order valence-electron chi connectivity index (χ3n) is 3.45. The van der Waals surface area contributed by atoms with Crippen LogP contribution in [0, 0.1) is 0 Å². The molecule has 0 saturated carbocycles. The highest BCUT2D eigenvalue weighted by atomic mass is 16.6. The van der Waals surface area contributed by atoms with Crippen LogP contribution in [-0.4, -0.2) is 84.7 Å². The number of nitrogens with zero attached hydrogens (tertiary/aromatic N) is 2. The molecule has 0 radical (unpaired) electrons. The summed E-state index contributed by atoms with van der Waals surface area (Å²) in [5.74, 6) is 0.274. The van der Waals surface area contributed by atoms with Crippen LogP contribution in [0.5, 0.6) is 0 Å². The molecule has 0 aromatic carbocycles. The molecule has 2 rings (SSSR count). The number of hydrogen-bond acceptors (Lipinski definition) is 10. The van der Waals surface area contributed by atoms with Gasteiger partial charge in [0.25, 0.3) is 0 Å². The Balaban J connectivity index is 0.000000289. The molecule has 26 heavy (non-hydrogen) atoms. The molecule has 10 heteroatoms. The minimum absolute atomic E-state index is 0.000278. The van der Waals surface area contributed by atoms with Crippen molar-refractivity contribution in [2.24, 2.45) is 9.98 Å². The van der Waals surface area contributed by atoms with Gasteiger partial charge in [-0.3, -0.25) is 9.59 Å². The van der Waals surface area contributed by atoms with E-state index in [0.717, 1.165) is 0 Å². The summed E-state index contributed by atoms with van der Waals surface area (Å²) in [5, 5.41) is 17.5. The van der Waals surface area contributed by atoms with Crippen LogP contribution in [0.2, 0.25) is 0 Å². The molecule has 0 fully saturated rings. The topological polar surface area (TPSA) is 136 Å². The van der Waals surface area contributed by atoms with Gasteiger partial charge >= 0.3 is 11.9 Å². The molecule has 148 valence electrons. The molecule has 4 atom stereocenters. The second-order valence-corrected chi connectivity index (χ2v) is 5.75. The zero-order valence-electron chi connectivity index (χ0n) is 15.4. The van der Waals surface area contributed by atoms with Crippen LogP contribution >= 0.6 is 0 Å². The van der Waals surface area contributed by atoms with E-state index in [9.17, 15) is 9.59 Å². The highest BCUT2D eigenvalue weighted by molar-refractivity contribution is 5.75. The van der Waals surface area contributed by atoms with Crippen LogP contribution < -0.4 is 0 Å². The van der Waals surface area contributed by atoms with E-state index in [-0.39, 0.29) is 25.3 Å². The van der Waals surface area contributed by atoms with Crippen molar-refractivity contribution in [1.29, 1.82) is 0 Å². The van der Waals surface area contributed by atoms with E-state index in [2.05, 4.69) is 9.98 Å². The lowest BCUT2D eigenvalue weighted by Crippen LogP contribution is -2.35. The number of rotatable bonds is 6. The zero-order valence-corrected chi connectivity index (χ0v) is 15.4. The zero-order chi connectivity index (χ0) is 19.7. The van der Waals surface area contributed by atoms with Gasteiger partial charge in [-0.1, -0.05) is 0 Å². The third kappa shape index (κ3) is 7.79. The standard InChI is InChI=1S/C10H15NO5.C6H11NO3/c1-6-11-9(4-14-6)10(16-8(3)13)5-15-7(2)12;1-4-7-5(3-10-4)6(9)2-8/h9-10H,4-5H2,1-3H3;5-6,8-9H,2-3H2,1H3/t9?,10-;5?,6-/m11/s1. The Morgan fingerprint density at radius 1 is 1.12 bits per heavy atom. The van der Waals surface area contributed by atoms with E-state index < -0.39 is 24.1 Å². The van der Waals surface area contributed by atoms with Gasteiger partial charge in [0.1, 0.15) is 38.0 Å². The summed E-state index contributed by atoms with van der Waals surface area (Å²) in [6, 6.07) is -0.576. The summed E-state index contributed by atoms with van der Waals surface area (Å²) in [6.07, 6.45) is -1.36. The van der Waals surface area contributed by atoms with Gasteiger partial charge in [-0.25, -0.2) is 9.98 Å². The average Bonchev–Trinajstić information content (AvgIpc) is 3.19. The van der Waals surface area contributed by atoms with Gasteiger partial charge in [-0.15, -0.1) is 0 Å². The Hall–Kier alpha value is -2.20. The Kier molecular flexibility index (Phi) is 9.00. The van der Waals surface area contributed by atoms with Crippen molar-refractivity contribution in [1.82, 2.24) is 0 Å². The molecule has 2 aliphatic heterocycles. The SMILES string of the molecule is CC(=O)OC[C@@H](OC(C)=O)C1COC(C)=N1.CC1=NC([C@H](O)CO)CO1. The number of ether oxygens (including phenoxy) is 4. The quantitative estimate of drug-likeness (QED) is 0.591. The van der Waals surface area contributed by atoms with Gasteiger partial charge in [0.05, 0.1) is 6.61 Å². The van der Waals surface area contributed by atoms with Gasteiger partial charge in [0, 0.05) is 27.7 Å². The van der Waals surface area contributed by atoms with Crippen LogP contribution in [-0.2, 0) is 28.5 Å². The van der Waals surface area contributed by atoms with Crippen molar-refractivity contribution in [2.75, 3.05) is 26.4 Å². The summed E-state index contributed by atoms with van der Waals surface area (Å²) in [7, 11) is 0. The summed E-state index contributed by atoms with van der Waals surface area (Å²) in [5.41, 5.74) is 0. The molecule has 2 aliphatic rings. The summed E-state index contributed by atoms with van der Waals surface area (Å²) < 4.78 is 20.0. The first kappa shape index (κ1) is 21.8. The fraction of sp³-hybridized carbons (Fsp3) is 0.750. The molecule has 2 unspecified atom stereocenters. The Morgan fingerprint density at radius 2 is 1.65 bits per heavy atom. The van der Waals surface area contributed by atoms with Crippen molar-refractivity contribution < 1.29 is 38.7 Å². The maximum absolute atomic E-state index is 10.9. The lowest BCUT2D eigenvalue weighted by Gasteiger charge is -2.19. The van der Waals surface area contributed by atoms with Crippen molar-refractivity contribution in [3.05, 3.63) is 0 Å². The van der Waals surface area contributed by atoms with Gasteiger partial charge in [-0.2, -0.15) is 0 Å². The molecule has 10 nitrogen and oxygen atoms in total. The normalized spacial score (nSPS) is 23.3. The van der Waals surface area contributed by atoms with Crippen LogP contribution in [0.3, 0.4) is 0 Å². The number of aliphatic hydroxyl groups is 2. The van der Waals surface area contributed by atoms with Crippen molar-refractivity contribution in [2.45, 2.75) is 52.0 Å². The van der Waals surface area contributed by atoms with Crippen molar-refractivity contribution in [3.63, 3.8) is 0 Å². The Bertz CT molecular complexity index is 548. The highest BCUT2D eigenvalue weighted by Gasteiger charge is 2.29. The number of hydrogen-bond donors (Lipinski definition) is 2.